The predicted molar refractivity (Wildman–Crippen MR) is 181 cm³/mol. The molecule has 10 nitrogen and oxygen atoms in total. The number of carbonyl (C=O) groups is 2. The van der Waals surface area contributed by atoms with Crippen molar-refractivity contribution in [1.82, 2.24) is 19.4 Å². The fraction of sp³-hybridized carbons (Fsp3) is 0.303. The molecule has 5 rings (SSSR count). The number of aromatic nitrogens is 2. The van der Waals surface area contributed by atoms with Crippen molar-refractivity contribution >= 4 is 61.3 Å². The second-order valence-corrected chi connectivity index (χ2v) is 12.1. The molecular weight excluding hydrogens is 574 g/mol. The molecular formula is C33H39N7O3S. The topological polar surface area (TPSA) is 118 Å². The van der Waals surface area contributed by atoms with Crippen molar-refractivity contribution in [3.05, 3.63) is 65.8 Å². The Morgan fingerprint density at radius 1 is 1.02 bits per heavy atom. The van der Waals surface area contributed by atoms with Crippen LogP contribution in [0.15, 0.2) is 60.1 Å². The Labute approximate surface area is 261 Å². The molecule has 0 saturated carbocycles. The first-order chi connectivity index (χ1) is 21.2. The number of hydrogen-bond donors (Lipinski definition) is 3. The number of methoxy groups -OCH3 is 1. The van der Waals surface area contributed by atoms with Gasteiger partial charge < -0.3 is 35.5 Å². The van der Waals surface area contributed by atoms with Crippen LogP contribution in [0.2, 0.25) is 0 Å². The molecule has 5 aromatic rings. The number of anilines is 3. The molecule has 0 aliphatic rings. The number of thiophene rings is 1. The Hall–Kier alpha value is -4.45. The fourth-order valence-electron chi connectivity index (χ4n) is 5.30. The highest BCUT2D eigenvalue weighted by Crippen LogP contribution is 2.42. The van der Waals surface area contributed by atoms with Crippen molar-refractivity contribution in [2.45, 2.75) is 12.8 Å². The molecule has 230 valence electrons. The Bertz CT molecular complexity index is 1810. The van der Waals surface area contributed by atoms with Gasteiger partial charge in [0.1, 0.15) is 17.3 Å². The van der Waals surface area contributed by atoms with Crippen LogP contribution in [-0.2, 0) is 11.8 Å². The normalized spacial score (nSPS) is 11.5. The van der Waals surface area contributed by atoms with Gasteiger partial charge in [0, 0.05) is 47.2 Å². The molecule has 2 aromatic carbocycles. The van der Waals surface area contributed by atoms with Crippen molar-refractivity contribution in [2.75, 3.05) is 64.3 Å². The molecule has 3 aromatic heterocycles. The smallest absolute Gasteiger partial charge is 0.272 e. The molecule has 0 fully saturated rings. The number of fused-ring (bicyclic) bond motifs is 2. The number of nitrogens with two attached hydrogens (primary N) is 1. The van der Waals surface area contributed by atoms with E-state index in [0.29, 0.717) is 41.6 Å². The third-order valence-electron chi connectivity index (χ3n) is 7.71. The molecule has 0 aliphatic heterocycles. The van der Waals surface area contributed by atoms with Gasteiger partial charge in [-0.15, -0.1) is 11.3 Å². The van der Waals surface area contributed by atoms with E-state index in [9.17, 15) is 9.59 Å². The van der Waals surface area contributed by atoms with Crippen LogP contribution in [0.4, 0.5) is 17.2 Å². The van der Waals surface area contributed by atoms with E-state index in [1.54, 1.807) is 13.3 Å². The third kappa shape index (κ3) is 6.70. The predicted octanol–water partition coefficient (Wildman–Crippen LogP) is 5.51. The lowest BCUT2D eigenvalue weighted by Crippen LogP contribution is -2.27. The van der Waals surface area contributed by atoms with Crippen LogP contribution in [0.3, 0.4) is 0 Å². The summed E-state index contributed by atoms with van der Waals surface area (Å²) in [5.41, 5.74) is 10.8. The van der Waals surface area contributed by atoms with Crippen molar-refractivity contribution < 1.29 is 14.3 Å². The van der Waals surface area contributed by atoms with Crippen LogP contribution < -0.4 is 21.1 Å². The highest BCUT2D eigenvalue weighted by Gasteiger charge is 2.19. The van der Waals surface area contributed by atoms with E-state index in [2.05, 4.69) is 39.5 Å². The number of nitrogens with zero attached hydrogens (tertiary/aromatic N) is 4. The highest BCUT2D eigenvalue weighted by atomic mass is 32.1. The maximum absolute atomic E-state index is 13.2. The minimum atomic E-state index is -0.232. The van der Waals surface area contributed by atoms with Crippen LogP contribution in [-0.4, -0.2) is 79.1 Å². The van der Waals surface area contributed by atoms with E-state index in [4.69, 9.17) is 10.5 Å². The maximum atomic E-state index is 13.2. The lowest BCUT2D eigenvalue weighted by Gasteiger charge is -2.18. The molecule has 0 radical (unpaired) electrons. The number of carbonyl (C=O) groups excluding carboxylic acids is 2. The molecule has 11 heteroatoms. The maximum Gasteiger partial charge on any atom is 0.272 e. The number of aryl methyl sites for hydroxylation is 1. The van der Waals surface area contributed by atoms with Gasteiger partial charge in [-0.05, 0) is 70.5 Å². The molecule has 0 saturated heterocycles. The number of rotatable bonds is 12. The zero-order valence-corrected chi connectivity index (χ0v) is 26.6. The average Bonchev–Trinajstić information content (AvgIpc) is 3.60. The van der Waals surface area contributed by atoms with E-state index in [-0.39, 0.29) is 11.8 Å². The highest BCUT2D eigenvalue weighted by molar-refractivity contribution is 7.18. The van der Waals surface area contributed by atoms with E-state index >= 15 is 0 Å². The summed E-state index contributed by atoms with van der Waals surface area (Å²) in [5.74, 6) is 0.589. The van der Waals surface area contributed by atoms with Gasteiger partial charge in [-0.2, -0.15) is 0 Å². The van der Waals surface area contributed by atoms with Gasteiger partial charge in [0.05, 0.1) is 29.4 Å². The number of hydrogen-bond acceptors (Lipinski definition) is 8. The number of nitrogen functional groups attached to an aromatic ring is 1. The number of pyridine rings is 1. The number of ether oxygens (including phenoxy) is 1. The Morgan fingerprint density at radius 2 is 1.82 bits per heavy atom. The van der Waals surface area contributed by atoms with Crippen LogP contribution in [0.25, 0.3) is 32.1 Å². The first-order valence-electron chi connectivity index (χ1n) is 14.5. The summed E-state index contributed by atoms with van der Waals surface area (Å²) in [5, 5.41) is 9.79. The molecule has 0 atom stereocenters. The first-order valence-corrected chi connectivity index (χ1v) is 15.4. The summed E-state index contributed by atoms with van der Waals surface area (Å²) >= 11 is 1.50. The molecule has 0 bridgehead atoms. The van der Waals surface area contributed by atoms with Gasteiger partial charge in [0.2, 0.25) is 5.91 Å². The second kappa shape index (κ2) is 13.5. The summed E-state index contributed by atoms with van der Waals surface area (Å²) in [6.07, 6.45) is 3.04. The number of amides is 2. The van der Waals surface area contributed by atoms with Crippen LogP contribution >= 0.6 is 11.3 Å². The van der Waals surface area contributed by atoms with Gasteiger partial charge in [0.25, 0.3) is 5.91 Å². The molecule has 3 heterocycles. The lowest BCUT2D eigenvalue weighted by atomic mass is 10.0. The van der Waals surface area contributed by atoms with E-state index in [1.165, 1.54) is 11.3 Å². The minimum Gasteiger partial charge on any atom is -0.495 e. The van der Waals surface area contributed by atoms with Crippen LogP contribution in [0.1, 0.15) is 23.3 Å². The molecule has 44 heavy (non-hydrogen) atoms. The number of nitrogens with one attached hydrogen (secondary N) is 2. The van der Waals surface area contributed by atoms with Gasteiger partial charge in [-0.1, -0.05) is 24.3 Å². The summed E-state index contributed by atoms with van der Waals surface area (Å²) in [7, 11) is 9.60. The van der Waals surface area contributed by atoms with Crippen LogP contribution in [0.5, 0.6) is 5.75 Å². The third-order valence-corrected chi connectivity index (χ3v) is 8.72. The zero-order chi connectivity index (χ0) is 31.4. The van der Waals surface area contributed by atoms with Gasteiger partial charge >= 0.3 is 0 Å². The van der Waals surface area contributed by atoms with E-state index in [0.717, 1.165) is 51.6 Å². The second-order valence-electron chi connectivity index (χ2n) is 11.2. The molecule has 0 aliphatic carbocycles. The Kier molecular flexibility index (Phi) is 9.48. The standard InChI is InChI=1S/C33H39N7O3S/c1-38(2)14-8-15-39(3)16-13-29(41)36-25-19-35-32(34)30-23(20-44-31(25)30)21-11-12-24(28(18-21)43-5)37-33(42)27-17-22-9-6-7-10-26(22)40(27)4/h6-7,9-12,17-20H,8,13-16H2,1-5H3,(H2,34,35)(H,36,41)(H,37,42). The van der Waals surface area contributed by atoms with Gasteiger partial charge in [-0.25, -0.2) is 4.98 Å². The van der Waals surface area contributed by atoms with Crippen LogP contribution in [0, 0.1) is 0 Å². The largest absolute Gasteiger partial charge is 0.495 e. The van der Waals surface area contributed by atoms with Crippen molar-refractivity contribution in [3.8, 4) is 16.9 Å². The van der Waals surface area contributed by atoms with Crippen molar-refractivity contribution in [2.24, 2.45) is 7.05 Å². The Balaban J connectivity index is 1.33. The minimum absolute atomic E-state index is 0.0693. The van der Waals surface area contributed by atoms with E-state index < -0.39 is 0 Å². The summed E-state index contributed by atoms with van der Waals surface area (Å²) in [4.78, 5) is 34.8. The van der Waals surface area contributed by atoms with Crippen molar-refractivity contribution in [3.63, 3.8) is 0 Å². The number of benzene rings is 2. The quantitative estimate of drug-likeness (QED) is 0.170. The monoisotopic (exact) mass is 613 g/mol. The summed E-state index contributed by atoms with van der Waals surface area (Å²) < 4.78 is 8.41. The van der Waals surface area contributed by atoms with E-state index in [1.807, 2.05) is 72.6 Å². The summed E-state index contributed by atoms with van der Waals surface area (Å²) in [6, 6.07) is 15.4. The molecule has 0 spiro atoms. The number of para-hydroxylation sites is 1. The Morgan fingerprint density at radius 3 is 2.57 bits per heavy atom. The molecule has 4 N–H and O–H groups in total. The molecule has 2 amide bonds. The average molecular weight is 614 g/mol. The fourth-order valence-corrected chi connectivity index (χ4v) is 6.35. The zero-order valence-electron chi connectivity index (χ0n) is 25.8. The SMILES string of the molecule is COc1cc(-c2csc3c(NC(=O)CCN(C)CCCN(C)C)cnc(N)c23)ccc1NC(=O)c1cc2ccccc2n1C. The lowest BCUT2D eigenvalue weighted by molar-refractivity contribution is -0.116. The van der Waals surface area contributed by atoms with Gasteiger partial charge in [-0.3, -0.25) is 9.59 Å². The summed E-state index contributed by atoms with van der Waals surface area (Å²) in [6.45, 7) is 2.62. The molecule has 0 unspecified atom stereocenters. The van der Waals surface area contributed by atoms with Gasteiger partial charge in [0.15, 0.2) is 0 Å². The first kappa shape index (κ1) is 31.0. The van der Waals surface area contributed by atoms with Crippen molar-refractivity contribution in [1.29, 1.82) is 0 Å².